The van der Waals surface area contributed by atoms with E-state index in [9.17, 15) is 5.11 Å². The molecule has 0 amide bonds. The molecule has 2 nitrogen and oxygen atoms in total. The van der Waals surface area contributed by atoms with Gasteiger partial charge in [0.1, 0.15) is 5.75 Å². The van der Waals surface area contributed by atoms with E-state index in [-0.39, 0.29) is 16.9 Å². The van der Waals surface area contributed by atoms with Crippen molar-refractivity contribution in [1.82, 2.24) is 0 Å². The highest BCUT2D eigenvalue weighted by molar-refractivity contribution is 5.85. The van der Waals surface area contributed by atoms with Crippen molar-refractivity contribution in [3.8, 4) is 5.75 Å². The zero-order valence-corrected chi connectivity index (χ0v) is 16.6. The molecular weight excluding hydrogens is 306 g/mol. The van der Waals surface area contributed by atoms with Crippen LogP contribution in [0.3, 0.4) is 0 Å². The van der Waals surface area contributed by atoms with Gasteiger partial charge in [0.2, 0.25) is 0 Å². The molecule has 25 heavy (non-hydrogen) atoms. The zero-order valence-electron chi connectivity index (χ0n) is 16.6. The normalized spacial score (nSPS) is 14.0. The van der Waals surface area contributed by atoms with Crippen molar-refractivity contribution < 1.29 is 5.11 Å². The second-order valence-electron chi connectivity index (χ2n) is 8.83. The Hall–Kier alpha value is -2.09. The second-order valence-corrected chi connectivity index (χ2v) is 8.83. The van der Waals surface area contributed by atoms with E-state index in [1.807, 2.05) is 24.4 Å². The third-order valence-electron chi connectivity index (χ3n) is 4.53. The van der Waals surface area contributed by atoms with Crippen LogP contribution in [0, 0.1) is 0 Å². The van der Waals surface area contributed by atoms with E-state index in [4.69, 9.17) is 0 Å². The molecule has 0 aliphatic heterocycles. The van der Waals surface area contributed by atoms with Gasteiger partial charge in [-0.2, -0.15) is 0 Å². The summed E-state index contributed by atoms with van der Waals surface area (Å²) in [6.07, 6.45) is 1.82. The monoisotopic (exact) mass is 337 g/mol. The molecule has 134 valence electrons. The van der Waals surface area contributed by atoms with Gasteiger partial charge in [-0.1, -0.05) is 77.9 Å². The third kappa shape index (κ3) is 4.72. The molecule has 2 aromatic carbocycles. The largest absolute Gasteiger partial charge is 0.507 e. The zero-order chi connectivity index (χ0) is 18.8. The first-order valence-electron chi connectivity index (χ1n) is 8.96. The summed E-state index contributed by atoms with van der Waals surface area (Å²) in [5, 5.41) is 10.8. The van der Waals surface area contributed by atoms with E-state index in [0.717, 1.165) is 11.1 Å². The summed E-state index contributed by atoms with van der Waals surface area (Å²) < 4.78 is 0. The van der Waals surface area contributed by atoms with Crippen molar-refractivity contribution in [2.75, 3.05) is 0 Å². The number of hydrogen-bond acceptors (Lipinski definition) is 2. The molecule has 0 fully saturated rings. The lowest BCUT2D eigenvalue weighted by molar-refractivity contribution is 0.444. The van der Waals surface area contributed by atoms with Crippen LogP contribution in [0.5, 0.6) is 5.75 Å². The van der Waals surface area contributed by atoms with Crippen molar-refractivity contribution >= 4 is 6.21 Å². The van der Waals surface area contributed by atoms with Gasteiger partial charge in [-0.3, -0.25) is 4.99 Å². The Morgan fingerprint density at radius 1 is 0.920 bits per heavy atom. The molecule has 0 aliphatic rings. The molecule has 1 atom stereocenters. The molecule has 0 aliphatic carbocycles. The fourth-order valence-corrected chi connectivity index (χ4v) is 2.77. The quantitative estimate of drug-likeness (QED) is 0.668. The van der Waals surface area contributed by atoms with Crippen LogP contribution >= 0.6 is 0 Å². The number of phenolic OH excluding ortho intramolecular Hbond substituents is 1. The number of benzene rings is 2. The van der Waals surface area contributed by atoms with Gasteiger partial charge < -0.3 is 5.11 Å². The minimum atomic E-state index is -0.126. The summed E-state index contributed by atoms with van der Waals surface area (Å²) in [6.45, 7) is 15.0. The number of aliphatic imine (C=N–C) groups is 1. The summed E-state index contributed by atoms with van der Waals surface area (Å²) in [7, 11) is 0. The Bertz CT molecular complexity index is 746. The highest BCUT2D eigenvalue weighted by atomic mass is 16.3. The minimum Gasteiger partial charge on any atom is -0.507 e. The number of nitrogens with zero attached hydrogens (tertiary/aromatic N) is 1. The fourth-order valence-electron chi connectivity index (χ4n) is 2.77. The number of rotatable bonds is 3. The van der Waals surface area contributed by atoms with E-state index < -0.39 is 0 Å². The Kier molecular flexibility index (Phi) is 5.41. The standard InChI is InChI=1S/C23H31NO/c1-16(17-11-9-8-10-12-17)24-15-18-13-19(22(2,3)4)14-20(21(18)25)23(5,6)7/h8-16,25H,1-7H3. The molecule has 2 aromatic rings. The second kappa shape index (κ2) is 7.03. The SMILES string of the molecule is CC(N=Cc1cc(C(C)(C)C)cc(C(C)(C)C)c1O)c1ccccc1. The first-order chi connectivity index (χ1) is 11.5. The summed E-state index contributed by atoms with van der Waals surface area (Å²) in [6, 6.07) is 14.5. The summed E-state index contributed by atoms with van der Waals surface area (Å²) in [5.74, 6) is 0.338. The average Bonchev–Trinajstić information content (AvgIpc) is 2.52. The van der Waals surface area contributed by atoms with Gasteiger partial charge in [0.05, 0.1) is 6.04 Å². The molecule has 0 spiro atoms. The lowest BCUT2D eigenvalue weighted by atomic mass is 9.79. The van der Waals surface area contributed by atoms with E-state index in [0.29, 0.717) is 5.75 Å². The molecule has 2 heteroatoms. The molecule has 0 saturated carbocycles. The lowest BCUT2D eigenvalue weighted by Gasteiger charge is -2.27. The van der Waals surface area contributed by atoms with Gasteiger partial charge in [-0.05, 0) is 34.9 Å². The van der Waals surface area contributed by atoms with Crippen LogP contribution in [0.1, 0.15) is 76.8 Å². The van der Waals surface area contributed by atoms with Crippen LogP contribution in [-0.2, 0) is 10.8 Å². The van der Waals surface area contributed by atoms with E-state index in [1.165, 1.54) is 11.1 Å². The highest BCUT2D eigenvalue weighted by Gasteiger charge is 2.24. The topological polar surface area (TPSA) is 32.6 Å². The van der Waals surface area contributed by atoms with Crippen LogP contribution in [0.2, 0.25) is 0 Å². The first-order valence-corrected chi connectivity index (χ1v) is 8.96. The van der Waals surface area contributed by atoms with E-state index >= 15 is 0 Å². The Balaban J connectivity index is 2.48. The summed E-state index contributed by atoms with van der Waals surface area (Å²) >= 11 is 0. The maximum Gasteiger partial charge on any atom is 0.128 e. The van der Waals surface area contributed by atoms with Crippen LogP contribution < -0.4 is 0 Å². The van der Waals surface area contributed by atoms with Crippen molar-refractivity contribution in [2.24, 2.45) is 4.99 Å². The van der Waals surface area contributed by atoms with Crippen molar-refractivity contribution in [1.29, 1.82) is 0 Å². The van der Waals surface area contributed by atoms with Crippen LogP contribution in [0.15, 0.2) is 47.5 Å². The fraction of sp³-hybridized carbons (Fsp3) is 0.435. The molecule has 0 saturated heterocycles. The Labute approximate surface area is 152 Å². The van der Waals surface area contributed by atoms with Gasteiger partial charge in [0.25, 0.3) is 0 Å². The maximum absolute atomic E-state index is 10.8. The molecule has 2 rings (SSSR count). The van der Waals surface area contributed by atoms with Crippen LogP contribution in [0.25, 0.3) is 0 Å². The molecule has 0 bridgehead atoms. The number of aromatic hydroxyl groups is 1. The Morgan fingerprint density at radius 3 is 2.04 bits per heavy atom. The number of hydrogen-bond donors (Lipinski definition) is 1. The van der Waals surface area contributed by atoms with Gasteiger partial charge in [0, 0.05) is 17.3 Å². The van der Waals surface area contributed by atoms with Crippen molar-refractivity contribution in [3.63, 3.8) is 0 Å². The lowest BCUT2D eigenvalue weighted by Crippen LogP contribution is -2.17. The Morgan fingerprint density at radius 2 is 1.52 bits per heavy atom. The molecule has 1 unspecified atom stereocenters. The van der Waals surface area contributed by atoms with Crippen molar-refractivity contribution in [3.05, 3.63) is 64.7 Å². The molecule has 1 N–H and O–H groups in total. The van der Waals surface area contributed by atoms with Gasteiger partial charge >= 0.3 is 0 Å². The predicted molar refractivity (Wildman–Crippen MR) is 108 cm³/mol. The van der Waals surface area contributed by atoms with Crippen LogP contribution in [-0.4, -0.2) is 11.3 Å². The summed E-state index contributed by atoms with van der Waals surface area (Å²) in [4.78, 5) is 4.69. The smallest absolute Gasteiger partial charge is 0.128 e. The molecule has 0 heterocycles. The highest BCUT2D eigenvalue weighted by Crippen LogP contribution is 2.37. The number of phenols is 1. The van der Waals surface area contributed by atoms with Crippen LogP contribution in [0.4, 0.5) is 0 Å². The average molecular weight is 338 g/mol. The van der Waals surface area contributed by atoms with Gasteiger partial charge in [-0.25, -0.2) is 0 Å². The first kappa shape index (κ1) is 19.2. The summed E-state index contributed by atoms with van der Waals surface area (Å²) in [5.41, 5.74) is 4.03. The minimum absolute atomic E-state index is 0.0152. The molecule has 0 aromatic heterocycles. The predicted octanol–water partition coefficient (Wildman–Crippen LogP) is 6.17. The van der Waals surface area contributed by atoms with E-state index in [1.54, 1.807) is 0 Å². The molecule has 0 radical (unpaired) electrons. The molecular formula is C23H31NO. The third-order valence-corrected chi connectivity index (χ3v) is 4.53. The van der Waals surface area contributed by atoms with Crippen molar-refractivity contribution in [2.45, 2.75) is 65.3 Å². The van der Waals surface area contributed by atoms with Gasteiger partial charge in [0.15, 0.2) is 0 Å². The van der Waals surface area contributed by atoms with E-state index in [2.05, 4.69) is 77.7 Å². The maximum atomic E-state index is 10.8. The van der Waals surface area contributed by atoms with Gasteiger partial charge in [-0.15, -0.1) is 0 Å².